The molecule has 0 saturated heterocycles. The molecule has 112 valence electrons. The van der Waals surface area contributed by atoms with Crippen LogP contribution in [0.25, 0.3) is 11.4 Å². The van der Waals surface area contributed by atoms with Gasteiger partial charge in [0.15, 0.2) is 17.3 Å². The molecule has 0 aliphatic heterocycles. The highest BCUT2D eigenvalue weighted by molar-refractivity contribution is 9.11. The van der Waals surface area contributed by atoms with Crippen molar-refractivity contribution in [2.24, 2.45) is 0 Å². The van der Waals surface area contributed by atoms with Gasteiger partial charge in [-0.05, 0) is 50.4 Å². The molecule has 5 nitrogen and oxygen atoms in total. The Labute approximate surface area is 139 Å². The van der Waals surface area contributed by atoms with Crippen molar-refractivity contribution < 1.29 is 9.84 Å². The fourth-order valence-electron chi connectivity index (χ4n) is 1.90. The van der Waals surface area contributed by atoms with E-state index in [4.69, 9.17) is 10.5 Å². The van der Waals surface area contributed by atoms with Gasteiger partial charge in [0, 0.05) is 5.56 Å². The Balaban J connectivity index is 2.59. The molecule has 2 aromatic rings. The maximum Gasteiger partial charge on any atom is 0.172 e. The first-order valence-electron chi connectivity index (χ1n) is 6.36. The first-order valence-corrected chi connectivity index (χ1v) is 7.95. The summed E-state index contributed by atoms with van der Waals surface area (Å²) in [4.78, 5) is 8.84. The van der Waals surface area contributed by atoms with Crippen LogP contribution in [0.15, 0.2) is 21.1 Å². The average molecular weight is 417 g/mol. The quantitative estimate of drug-likeness (QED) is 0.789. The molecule has 0 atom stereocenters. The number of halogens is 2. The van der Waals surface area contributed by atoms with Gasteiger partial charge in [-0.2, -0.15) is 0 Å². The van der Waals surface area contributed by atoms with Gasteiger partial charge >= 0.3 is 0 Å². The van der Waals surface area contributed by atoms with Crippen LogP contribution in [0.1, 0.15) is 19.0 Å². The molecule has 2 rings (SSSR count). The third kappa shape index (κ3) is 3.29. The van der Waals surface area contributed by atoms with Gasteiger partial charge < -0.3 is 15.6 Å². The number of hydrogen-bond donors (Lipinski definition) is 2. The molecule has 0 aliphatic rings. The lowest BCUT2D eigenvalue weighted by Crippen LogP contribution is -2.03. The minimum absolute atomic E-state index is 0.0418. The highest BCUT2D eigenvalue weighted by atomic mass is 79.9. The molecule has 0 radical (unpaired) electrons. The van der Waals surface area contributed by atoms with E-state index in [9.17, 15) is 5.11 Å². The van der Waals surface area contributed by atoms with Crippen LogP contribution in [0.4, 0.5) is 5.82 Å². The zero-order valence-corrected chi connectivity index (χ0v) is 14.8. The molecule has 7 heteroatoms. The molecule has 0 fully saturated rings. The summed E-state index contributed by atoms with van der Waals surface area (Å²) in [5.74, 6) is 1.28. The average Bonchev–Trinajstić information content (AvgIpc) is 2.46. The SMILES string of the molecule is CCCc1nc(-c2cc(Br)c(O)c(OC)c2)nc(N)c1Br. The van der Waals surface area contributed by atoms with E-state index in [0.29, 0.717) is 27.4 Å². The maximum atomic E-state index is 9.86. The van der Waals surface area contributed by atoms with E-state index in [1.165, 1.54) is 7.11 Å². The van der Waals surface area contributed by atoms with Gasteiger partial charge in [0.2, 0.25) is 0 Å². The molecule has 0 spiro atoms. The highest BCUT2D eigenvalue weighted by Gasteiger charge is 2.15. The largest absolute Gasteiger partial charge is 0.503 e. The first kappa shape index (κ1) is 16.0. The van der Waals surface area contributed by atoms with Crippen molar-refractivity contribution >= 4 is 37.7 Å². The van der Waals surface area contributed by atoms with Crippen molar-refractivity contribution in [3.63, 3.8) is 0 Å². The Bertz CT molecular complexity index is 678. The summed E-state index contributed by atoms with van der Waals surface area (Å²) in [6.45, 7) is 2.07. The summed E-state index contributed by atoms with van der Waals surface area (Å²) in [6.07, 6.45) is 1.76. The molecule has 0 amide bonds. The summed E-state index contributed by atoms with van der Waals surface area (Å²) in [7, 11) is 1.49. The van der Waals surface area contributed by atoms with Gasteiger partial charge in [-0.15, -0.1) is 0 Å². The lowest BCUT2D eigenvalue weighted by atomic mass is 10.1. The van der Waals surface area contributed by atoms with Crippen LogP contribution in [-0.2, 0) is 6.42 Å². The number of rotatable bonds is 4. The second kappa shape index (κ2) is 6.62. The number of ether oxygens (including phenoxy) is 1. The number of methoxy groups -OCH3 is 1. The molecule has 1 aromatic carbocycles. The fraction of sp³-hybridized carbons (Fsp3) is 0.286. The maximum absolute atomic E-state index is 9.86. The van der Waals surface area contributed by atoms with Crippen molar-refractivity contribution in [2.45, 2.75) is 19.8 Å². The number of aromatic nitrogens is 2. The van der Waals surface area contributed by atoms with Crippen molar-refractivity contribution in [2.75, 3.05) is 12.8 Å². The Kier molecular flexibility index (Phi) is 5.05. The molecule has 0 saturated carbocycles. The number of nitrogen functional groups attached to an aromatic ring is 1. The Morgan fingerprint density at radius 1 is 1.29 bits per heavy atom. The minimum atomic E-state index is 0.0418. The standard InChI is InChI=1S/C14H15Br2N3O2/c1-3-4-9-11(16)13(17)19-14(18-9)7-5-8(15)12(20)10(6-7)21-2/h5-6,20H,3-4H2,1-2H3,(H2,17,18,19). The number of anilines is 1. The third-order valence-electron chi connectivity index (χ3n) is 2.94. The minimum Gasteiger partial charge on any atom is -0.503 e. The summed E-state index contributed by atoms with van der Waals surface area (Å²) in [6, 6.07) is 3.41. The first-order chi connectivity index (χ1) is 9.97. The zero-order valence-electron chi connectivity index (χ0n) is 11.7. The second-order valence-corrected chi connectivity index (χ2v) is 6.10. The lowest BCUT2D eigenvalue weighted by molar-refractivity contribution is 0.372. The van der Waals surface area contributed by atoms with Gasteiger partial charge in [0.1, 0.15) is 5.82 Å². The van der Waals surface area contributed by atoms with E-state index < -0.39 is 0 Å². The van der Waals surface area contributed by atoms with Gasteiger partial charge in [0.25, 0.3) is 0 Å². The fourth-order valence-corrected chi connectivity index (χ4v) is 2.72. The monoisotopic (exact) mass is 415 g/mol. The Morgan fingerprint density at radius 3 is 2.62 bits per heavy atom. The molecule has 0 aliphatic carbocycles. The number of nitrogens with zero attached hydrogens (tertiary/aromatic N) is 2. The lowest BCUT2D eigenvalue weighted by Gasteiger charge is -2.11. The predicted molar refractivity (Wildman–Crippen MR) is 89.5 cm³/mol. The molecule has 0 bridgehead atoms. The highest BCUT2D eigenvalue weighted by Crippen LogP contribution is 2.38. The molecule has 1 aromatic heterocycles. The van der Waals surface area contributed by atoms with Crippen LogP contribution >= 0.6 is 31.9 Å². The zero-order chi connectivity index (χ0) is 15.6. The van der Waals surface area contributed by atoms with Crippen LogP contribution < -0.4 is 10.5 Å². The third-order valence-corrected chi connectivity index (χ3v) is 4.41. The van der Waals surface area contributed by atoms with Gasteiger partial charge in [-0.1, -0.05) is 13.3 Å². The van der Waals surface area contributed by atoms with Gasteiger partial charge in [-0.3, -0.25) is 0 Å². The number of phenolic OH excluding ortho intramolecular Hbond substituents is 1. The van der Waals surface area contributed by atoms with Crippen molar-refractivity contribution in [3.05, 3.63) is 26.8 Å². The van der Waals surface area contributed by atoms with Gasteiger partial charge in [-0.25, -0.2) is 9.97 Å². The van der Waals surface area contributed by atoms with Crippen LogP contribution in [0.5, 0.6) is 11.5 Å². The molecule has 0 unspecified atom stereocenters. The van der Waals surface area contributed by atoms with Crippen LogP contribution in [0, 0.1) is 0 Å². The van der Waals surface area contributed by atoms with E-state index in [1.54, 1.807) is 12.1 Å². The molecule has 1 heterocycles. The van der Waals surface area contributed by atoms with Crippen molar-refractivity contribution in [1.29, 1.82) is 0 Å². The Hall–Kier alpha value is -1.34. The number of benzene rings is 1. The smallest absolute Gasteiger partial charge is 0.172 e. The molecule has 3 N–H and O–H groups in total. The summed E-state index contributed by atoms with van der Waals surface area (Å²) < 4.78 is 6.39. The second-order valence-electron chi connectivity index (χ2n) is 4.45. The summed E-state index contributed by atoms with van der Waals surface area (Å²) in [5.41, 5.74) is 7.52. The van der Waals surface area contributed by atoms with Crippen molar-refractivity contribution in [1.82, 2.24) is 9.97 Å². The number of aryl methyl sites for hydroxylation is 1. The topological polar surface area (TPSA) is 81.3 Å². The molecular weight excluding hydrogens is 402 g/mol. The number of phenols is 1. The summed E-state index contributed by atoms with van der Waals surface area (Å²) >= 11 is 6.71. The van der Waals surface area contributed by atoms with Gasteiger partial charge in [0.05, 0.1) is 21.7 Å². The van der Waals surface area contributed by atoms with E-state index in [-0.39, 0.29) is 5.75 Å². The molecule has 21 heavy (non-hydrogen) atoms. The van der Waals surface area contributed by atoms with E-state index in [0.717, 1.165) is 23.0 Å². The van der Waals surface area contributed by atoms with Crippen molar-refractivity contribution in [3.8, 4) is 22.9 Å². The van der Waals surface area contributed by atoms with E-state index in [1.807, 2.05) is 0 Å². The van der Waals surface area contributed by atoms with E-state index >= 15 is 0 Å². The normalized spacial score (nSPS) is 10.7. The van der Waals surface area contributed by atoms with E-state index in [2.05, 4.69) is 48.8 Å². The predicted octanol–water partition coefficient (Wildman–Crippen LogP) is 3.92. The summed E-state index contributed by atoms with van der Waals surface area (Å²) in [5, 5.41) is 9.86. The van der Waals surface area contributed by atoms with Crippen LogP contribution in [0.2, 0.25) is 0 Å². The molecular formula is C14H15Br2N3O2. The number of hydrogen-bond acceptors (Lipinski definition) is 5. The number of nitrogens with two attached hydrogens (primary N) is 1. The Morgan fingerprint density at radius 2 is 2.00 bits per heavy atom. The van der Waals surface area contributed by atoms with Crippen LogP contribution in [0.3, 0.4) is 0 Å². The number of aromatic hydroxyl groups is 1. The van der Waals surface area contributed by atoms with Crippen LogP contribution in [-0.4, -0.2) is 22.2 Å².